The topological polar surface area (TPSA) is 86.8 Å². The van der Waals surface area contributed by atoms with Gasteiger partial charge in [0.2, 0.25) is 21.8 Å². The van der Waals surface area contributed by atoms with Crippen molar-refractivity contribution in [3.05, 3.63) is 64.7 Å². The molecule has 2 rings (SSSR count). The number of hydrogen-bond donors (Lipinski definition) is 1. The highest BCUT2D eigenvalue weighted by atomic mass is 32.2. The Balaban J connectivity index is 2.41. The Morgan fingerprint density at radius 1 is 0.971 bits per heavy atom. The molecule has 2 amide bonds. The number of carbonyl (C=O) groups is 2. The molecule has 0 aliphatic heterocycles. The molecule has 1 N–H and O–H groups in total. The minimum atomic E-state index is -3.75. The summed E-state index contributed by atoms with van der Waals surface area (Å²) in [4.78, 5) is 27.9. The van der Waals surface area contributed by atoms with E-state index in [1.165, 1.54) is 4.90 Å². The zero-order valence-corrected chi connectivity index (χ0v) is 22.1. The average Bonchev–Trinajstić information content (AvgIpc) is 2.74. The number of anilines is 1. The zero-order valence-electron chi connectivity index (χ0n) is 21.3. The summed E-state index contributed by atoms with van der Waals surface area (Å²) in [6.07, 6.45) is 1.09. The summed E-state index contributed by atoms with van der Waals surface area (Å²) in [5.41, 5.74) is 4.00. The number of sulfonamides is 1. The summed E-state index contributed by atoms with van der Waals surface area (Å²) in [6.45, 7) is 11.6. The SMILES string of the molecule is Cc1cccc(CN(C(=O)CN(c2cc(C)ccc2C)S(C)(=O)=O)[C@H](C)C(=O)NCC(C)C)c1. The van der Waals surface area contributed by atoms with Crippen LogP contribution in [0.3, 0.4) is 0 Å². The van der Waals surface area contributed by atoms with Crippen molar-refractivity contribution in [2.24, 2.45) is 5.92 Å². The Morgan fingerprint density at radius 2 is 1.62 bits per heavy atom. The molecular weight excluding hydrogens is 450 g/mol. The largest absolute Gasteiger partial charge is 0.354 e. The van der Waals surface area contributed by atoms with Crippen molar-refractivity contribution in [3.8, 4) is 0 Å². The van der Waals surface area contributed by atoms with Gasteiger partial charge in [0.05, 0.1) is 11.9 Å². The Morgan fingerprint density at radius 3 is 2.21 bits per heavy atom. The lowest BCUT2D eigenvalue weighted by Gasteiger charge is -2.32. The summed E-state index contributed by atoms with van der Waals surface area (Å²) < 4.78 is 26.6. The van der Waals surface area contributed by atoms with E-state index >= 15 is 0 Å². The monoisotopic (exact) mass is 487 g/mol. The Kier molecular flexibility index (Phi) is 9.27. The molecule has 0 saturated heterocycles. The number of aryl methyl sites for hydroxylation is 3. The van der Waals surface area contributed by atoms with Crippen LogP contribution in [0.4, 0.5) is 5.69 Å². The van der Waals surface area contributed by atoms with Gasteiger partial charge >= 0.3 is 0 Å². The molecule has 0 radical (unpaired) electrons. The van der Waals surface area contributed by atoms with Crippen LogP contribution in [0.25, 0.3) is 0 Å². The standard InChI is InChI=1S/C26H37N3O4S/c1-18(2)15-27-26(31)22(6)28(16-23-10-8-9-19(3)13-23)25(30)17-29(34(7,32)33)24-14-20(4)11-12-21(24)5/h8-14,18,22H,15-17H2,1-7H3,(H,27,31)/t22-/m1/s1. The molecule has 0 spiro atoms. The second kappa shape index (κ2) is 11.5. The lowest BCUT2D eigenvalue weighted by Crippen LogP contribution is -2.51. The second-order valence-electron chi connectivity index (χ2n) is 9.39. The van der Waals surface area contributed by atoms with E-state index in [-0.39, 0.29) is 18.4 Å². The summed E-state index contributed by atoms with van der Waals surface area (Å²) in [5.74, 6) is -0.450. The van der Waals surface area contributed by atoms with Crippen molar-refractivity contribution >= 4 is 27.5 Å². The van der Waals surface area contributed by atoms with Crippen LogP contribution in [0.2, 0.25) is 0 Å². The molecule has 186 valence electrons. The van der Waals surface area contributed by atoms with Gasteiger partial charge in [-0.25, -0.2) is 8.42 Å². The van der Waals surface area contributed by atoms with Crippen LogP contribution in [0, 0.1) is 26.7 Å². The summed E-state index contributed by atoms with van der Waals surface area (Å²) >= 11 is 0. The lowest BCUT2D eigenvalue weighted by molar-refractivity contribution is -0.139. The number of hydrogen-bond acceptors (Lipinski definition) is 4. The van der Waals surface area contributed by atoms with E-state index in [9.17, 15) is 18.0 Å². The van der Waals surface area contributed by atoms with Crippen LogP contribution in [0.5, 0.6) is 0 Å². The molecule has 0 aromatic heterocycles. The van der Waals surface area contributed by atoms with Crippen LogP contribution in [-0.2, 0) is 26.2 Å². The maximum Gasteiger partial charge on any atom is 0.244 e. The van der Waals surface area contributed by atoms with Gasteiger partial charge in [0.15, 0.2) is 0 Å². The third-order valence-electron chi connectivity index (χ3n) is 5.60. The molecule has 34 heavy (non-hydrogen) atoms. The third-order valence-corrected chi connectivity index (χ3v) is 6.73. The van der Waals surface area contributed by atoms with Crippen molar-refractivity contribution < 1.29 is 18.0 Å². The van der Waals surface area contributed by atoms with E-state index < -0.39 is 28.5 Å². The predicted molar refractivity (Wildman–Crippen MR) is 137 cm³/mol. The molecule has 8 heteroatoms. The molecule has 0 bridgehead atoms. The number of rotatable bonds is 10. The van der Waals surface area contributed by atoms with Gasteiger partial charge in [0.25, 0.3) is 0 Å². The minimum Gasteiger partial charge on any atom is -0.354 e. The highest BCUT2D eigenvalue weighted by Gasteiger charge is 2.30. The van der Waals surface area contributed by atoms with Crippen LogP contribution in [0.1, 0.15) is 43.0 Å². The zero-order chi connectivity index (χ0) is 25.6. The first-order valence-corrected chi connectivity index (χ1v) is 13.3. The van der Waals surface area contributed by atoms with Crippen LogP contribution < -0.4 is 9.62 Å². The van der Waals surface area contributed by atoms with Crippen LogP contribution in [-0.4, -0.2) is 50.5 Å². The number of benzene rings is 2. The molecule has 0 saturated carbocycles. The first kappa shape index (κ1) is 27.4. The fraction of sp³-hybridized carbons (Fsp3) is 0.462. The molecule has 7 nitrogen and oxygen atoms in total. The van der Waals surface area contributed by atoms with Gasteiger partial charge in [0, 0.05) is 13.1 Å². The molecule has 0 aliphatic rings. The minimum absolute atomic E-state index is 0.196. The number of amides is 2. The Hall–Kier alpha value is -2.87. The quantitative estimate of drug-likeness (QED) is 0.555. The van der Waals surface area contributed by atoms with Gasteiger partial charge in [-0.05, 0) is 56.4 Å². The van der Waals surface area contributed by atoms with Crippen molar-refractivity contribution in [1.29, 1.82) is 0 Å². The highest BCUT2D eigenvalue weighted by molar-refractivity contribution is 7.92. The van der Waals surface area contributed by atoms with Gasteiger partial charge in [-0.3, -0.25) is 13.9 Å². The van der Waals surface area contributed by atoms with Crippen molar-refractivity contribution in [2.75, 3.05) is 23.7 Å². The highest BCUT2D eigenvalue weighted by Crippen LogP contribution is 2.24. The van der Waals surface area contributed by atoms with Crippen molar-refractivity contribution in [3.63, 3.8) is 0 Å². The maximum atomic E-state index is 13.6. The molecule has 0 heterocycles. The number of nitrogens with one attached hydrogen (secondary N) is 1. The molecule has 0 aliphatic carbocycles. The van der Waals surface area contributed by atoms with Crippen molar-refractivity contribution in [1.82, 2.24) is 10.2 Å². The smallest absolute Gasteiger partial charge is 0.244 e. The maximum absolute atomic E-state index is 13.6. The van der Waals surface area contributed by atoms with E-state index in [4.69, 9.17) is 0 Å². The molecule has 2 aromatic carbocycles. The van der Waals surface area contributed by atoms with Gasteiger partial charge in [0.1, 0.15) is 12.6 Å². The molecular formula is C26H37N3O4S. The Bertz CT molecular complexity index is 1130. The number of nitrogens with zero attached hydrogens (tertiary/aromatic N) is 2. The summed E-state index contributed by atoms with van der Waals surface area (Å²) in [6, 6.07) is 12.4. The van der Waals surface area contributed by atoms with Crippen LogP contribution >= 0.6 is 0 Å². The first-order valence-electron chi connectivity index (χ1n) is 11.5. The first-order chi connectivity index (χ1) is 15.8. The van der Waals surface area contributed by atoms with Gasteiger partial charge < -0.3 is 10.2 Å². The lowest BCUT2D eigenvalue weighted by atomic mass is 10.1. The predicted octanol–water partition coefficient (Wildman–Crippen LogP) is 3.57. The second-order valence-corrected chi connectivity index (χ2v) is 11.3. The average molecular weight is 488 g/mol. The van der Waals surface area contributed by atoms with Gasteiger partial charge in [-0.2, -0.15) is 0 Å². The normalized spacial score (nSPS) is 12.4. The van der Waals surface area contributed by atoms with Gasteiger partial charge in [-0.1, -0.05) is 55.8 Å². The molecule has 0 unspecified atom stereocenters. The van der Waals surface area contributed by atoms with Crippen LogP contribution in [0.15, 0.2) is 42.5 Å². The summed E-state index contributed by atoms with van der Waals surface area (Å²) in [5, 5.41) is 2.88. The van der Waals surface area contributed by atoms with E-state index in [0.29, 0.717) is 12.2 Å². The Labute approximate surface area is 204 Å². The molecule has 1 atom stereocenters. The van der Waals surface area contributed by atoms with Crippen molar-refractivity contribution in [2.45, 2.75) is 54.1 Å². The fourth-order valence-corrected chi connectivity index (χ4v) is 4.52. The fourth-order valence-electron chi connectivity index (χ4n) is 3.63. The van der Waals surface area contributed by atoms with E-state index in [0.717, 1.165) is 32.8 Å². The summed E-state index contributed by atoms with van der Waals surface area (Å²) in [7, 11) is -3.75. The molecule has 0 fully saturated rings. The van der Waals surface area contributed by atoms with Gasteiger partial charge in [-0.15, -0.1) is 0 Å². The van der Waals surface area contributed by atoms with E-state index in [1.807, 2.05) is 71.0 Å². The van der Waals surface area contributed by atoms with E-state index in [1.54, 1.807) is 13.0 Å². The third kappa shape index (κ3) is 7.58. The molecule has 2 aromatic rings. The number of carbonyl (C=O) groups excluding carboxylic acids is 2. The van der Waals surface area contributed by atoms with E-state index in [2.05, 4.69) is 5.32 Å².